The van der Waals surface area contributed by atoms with Gasteiger partial charge in [0.05, 0.1) is 14.2 Å². The van der Waals surface area contributed by atoms with Crippen LogP contribution in [-0.4, -0.2) is 31.8 Å². The smallest absolute Gasteiger partial charge is 0.253 e. The van der Waals surface area contributed by atoms with Gasteiger partial charge in [0.15, 0.2) is 17.6 Å². The molecule has 1 fully saturated rings. The number of hydrogen-bond acceptors (Lipinski definition) is 4. The Labute approximate surface area is 112 Å². The van der Waals surface area contributed by atoms with Crippen molar-refractivity contribution >= 4 is 5.91 Å². The molecule has 5 heteroatoms. The van der Waals surface area contributed by atoms with Crippen molar-refractivity contribution in [1.82, 2.24) is 5.32 Å². The summed E-state index contributed by atoms with van der Waals surface area (Å²) >= 11 is 0. The Bertz CT molecular complexity index is 457. The van der Waals surface area contributed by atoms with Gasteiger partial charge < -0.3 is 19.9 Å². The summed E-state index contributed by atoms with van der Waals surface area (Å²) in [6.07, 6.45) is 1.14. The summed E-state index contributed by atoms with van der Waals surface area (Å²) in [4.78, 5) is 11.8. The minimum Gasteiger partial charge on any atom is -0.493 e. The summed E-state index contributed by atoms with van der Waals surface area (Å²) in [5.41, 5.74) is 0.492. The van der Waals surface area contributed by atoms with Gasteiger partial charge in [-0.05, 0) is 36.5 Å². The molecule has 5 nitrogen and oxygen atoms in total. The van der Waals surface area contributed by atoms with Crippen LogP contribution in [-0.2, 0) is 4.79 Å². The maximum absolute atomic E-state index is 11.8. The van der Waals surface area contributed by atoms with Crippen molar-refractivity contribution < 1.29 is 19.4 Å². The Kier molecular flexibility index (Phi) is 4.27. The zero-order valence-corrected chi connectivity index (χ0v) is 11.2. The molecular weight excluding hydrogens is 246 g/mol. The Morgan fingerprint density at radius 3 is 2.63 bits per heavy atom. The molecule has 1 unspecified atom stereocenters. The second kappa shape index (κ2) is 5.93. The lowest BCUT2D eigenvalue weighted by Gasteiger charge is -2.14. The molecule has 1 aromatic carbocycles. The predicted molar refractivity (Wildman–Crippen MR) is 70.2 cm³/mol. The van der Waals surface area contributed by atoms with E-state index >= 15 is 0 Å². The summed E-state index contributed by atoms with van der Waals surface area (Å²) in [5.74, 6) is 1.27. The van der Waals surface area contributed by atoms with Crippen LogP contribution < -0.4 is 14.8 Å². The molecule has 0 heterocycles. The van der Waals surface area contributed by atoms with Gasteiger partial charge in [-0.1, -0.05) is 6.07 Å². The van der Waals surface area contributed by atoms with Crippen LogP contribution in [0.3, 0.4) is 0 Å². The van der Waals surface area contributed by atoms with Gasteiger partial charge in [0.25, 0.3) is 5.91 Å². The highest BCUT2D eigenvalue weighted by atomic mass is 16.5. The number of amides is 1. The number of ether oxygens (including phenoxy) is 2. The molecule has 1 aliphatic rings. The highest BCUT2D eigenvalue weighted by molar-refractivity contribution is 5.82. The van der Waals surface area contributed by atoms with Crippen LogP contribution in [0, 0.1) is 5.92 Å². The van der Waals surface area contributed by atoms with Gasteiger partial charge in [0.2, 0.25) is 0 Å². The monoisotopic (exact) mass is 265 g/mol. The number of aliphatic hydroxyl groups is 1. The molecule has 1 amide bonds. The van der Waals surface area contributed by atoms with Crippen molar-refractivity contribution in [1.29, 1.82) is 0 Å². The fraction of sp³-hybridized carbons (Fsp3) is 0.500. The van der Waals surface area contributed by atoms with E-state index in [0.29, 0.717) is 29.5 Å². The third kappa shape index (κ3) is 3.38. The zero-order valence-electron chi connectivity index (χ0n) is 11.2. The first-order valence-corrected chi connectivity index (χ1v) is 6.33. The lowest BCUT2D eigenvalue weighted by Crippen LogP contribution is -2.30. The van der Waals surface area contributed by atoms with Gasteiger partial charge in [-0.15, -0.1) is 0 Å². The van der Waals surface area contributed by atoms with Crippen molar-refractivity contribution in [2.75, 3.05) is 20.8 Å². The average molecular weight is 265 g/mol. The van der Waals surface area contributed by atoms with E-state index in [9.17, 15) is 9.90 Å². The highest BCUT2D eigenvalue weighted by Gasteiger charge is 2.24. The predicted octanol–water partition coefficient (Wildman–Crippen LogP) is 1.26. The molecular formula is C14H19NO4. The lowest BCUT2D eigenvalue weighted by atomic mass is 10.1. The minimum atomic E-state index is -1.18. The molecule has 0 spiro atoms. The van der Waals surface area contributed by atoms with Gasteiger partial charge >= 0.3 is 0 Å². The van der Waals surface area contributed by atoms with Crippen molar-refractivity contribution in [3.63, 3.8) is 0 Å². The maximum Gasteiger partial charge on any atom is 0.253 e. The van der Waals surface area contributed by atoms with Crippen LogP contribution in [0.2, 0.25) is 0 Å². The molecule has 0 saturated heterocycles. The number of benzene rings is 1. The Balaban J connectivity index is 2.04. The number of nitrogens with one attached hydrogen (secondary N) is 1. The Morgan fingerprint density at radius 1 is 1.37 bits per heavy atom. The summed E-state index contributed by atoms with van der Waals surface area (Å²) < 4.78 is 10.3. The van der Waals surface area contributed by atoms with Gasteiger partial charge in [-0.2, -0.15) is 0 Å². The van der Waals surface area contributed by atoms with Crippen molar-refractivity contribution in [3.8, 4) is 11.5 Å². The van der Waals surface area contributed by atoms with E-state index in [-0.39, 0.29) is 5.91 Å². The molecule has 0 bridgehead atoms. The molecule has 1 saturated carbocycles. The number of rotatable bonds is 6. The SMILES string of the molecule is COc1ccc(C(O)C(=O)NCC2CC2)cc1OC. The van der Waals surface area contributed by atoms with Gasteiger partial charge in [0, 0.05) is 6.54 Å². The second-order valence-electron chi connectivity index (χ2n) is 4.71. The maximum atomic E-state index is 11.8. The Hall–Kier alpha value is -1.75. The van der Waals surface area contributed by atoms with E-state index in [1.807, 2.05) is 0 Å². The van der Waals surface area contributed by atoms with Gasteiger partial charge in [0.1, 0.15) is 0 Å². The van der Waals surface area contributed by atoms with Crippen molar-refractivity contribution in [2.24, 2.45) is 5.92 Å². The van der Waals surface area contributed by atoms with E-state index in [4.69, 9.17) is 9.47 Å². The zero-order chi connectivity index (χ0) is 13.8. The van der Waals surface area contributed by atoms with Crippen LogP contribution in [0.4, 0.5) is 0 Å². The largest absolute Gasteiger partial charge is 0.493 e. The third-order valence-electron chi connectivity index (χ3n) is 3.23. The van der Waals surface area contributed by atoms with E-state index in [2.05, 4.69) is 5.32 Å². The molecule has 0 aliphatic heterocycles. The standard InChI is InChI=1S/C14H19NO4/c1-18-11-6-5-10(7-12(11)19-2)13(16)14(17)15-8-9-3-4-9/h5-7,9,13,16H,3-4,8H2,1-2H3,(H,15,17). The fourth-order valence-electron chi connectivity index (χ4n) is 1.84. The molecule has 1 atom stereocenters. The second-order valence-corrected chi connectivity index (χ2v) is 4.71. The molecule has 2 rings (SSSR count). The first kappa shape index (κ1) is 13.7. The summed E-state index contributed by atoms with van der Waals surface area (Å²) in [6, 6.07) is 4.94. The van der Waals surface area contributed by atoms with Gasteiger partial charge in [-0.3, -0.25) is 4.79 Å². The molecule has 0 radical (unpaired) electrons. The van der Waals surface area contributed by atoms with Crippen molar-refractivity contribution in [2.45, 2.75) is 18.9 Å². The van der Waals surface area contributed by atoms with Crippen LogP contribution in [0.1, 0.15) is 24.5 Å². The summed E-state index contributed by atoms with van der Waals surface area (Å²) in [6.45, 7) is 0.642. The molecule has 2 N–H and O–H groups in total. The van der Waals surface area contributed by atoms with Crippen LogP contribution in [0.25, 0.3) is 0 Å². The number of carbonyl (C=O) groups excluding carboxylic acids is 1. The fourth-order valence-corrected chi connectivity index (χ4v) is 1.84. The van der Waals surface area contributed by atoms with E-state index < -0.39 is 6.10 Å². The number of methoxy groups -OCH3 is 2. The first-order valence-electron chi connectivity index (χ1n) is 6.33. The highest BCUT2D eigenvalue weighted by Crippen LogP contribution is 2.30. The van der Waals surface area contributed by atoms with Crippen LogP contribution >= 0.6 is 0 Å². The molecule has 1 aliphatic carbocycles. The molecule has 19 heavy (non-hydrogen) atoms. The number of carbonyl (C=O) groups is 1. The Morgan fingerprint density at radius 2 is 2.05 bits per heavy atom. The molecule has 1 aromatic rings. The first-order chi connectivity index (χ1) is 9.15. The van der Waals surface area contributed by atoms with E-state index in [0.717, 1.165) is 12.8 Å². The van der Waals surface area contributed by atoms with Crippen molar-refractivity contribution in [3.05, 3.63) is 23.8 Å². The third-order valence-corrected chi connectivity index (χ3v) is 3.23. The number of hydrogen-bond donors (Lipinski definition) is 2. The summed E-state index contributed by atoms with van der Waals surface area (Å²) in [7, 11) is 3.05. The minimum absolute atomic E-state index is 0.376. The van der Waals surface area contributed by atoms with Gasteiger partial charge in [-0.25, -0.2) is 0 Å². The topological polar surface area (TPSA) is 67.8 Å². The quantitative estimate of drug-likeness (QED) is 0.812. The van der Waals surface area contributed by atoms with E-state index in [1.54, 1.807) is 18.2 Å². The lowest BCUT2D eigenvalue weighted by molar-refractivity contribution is -0.129. The van der Waals surface area contributed by atoms with E-state index in [1.165, 1.54) is 14.2 Å². The number of aliphatic hydroxyl groups excluding tert-OH is 1. The van der Waals surface area contributed by atoms with Crippen LogP contribution in [0.5, 0.6) is 11.5 Å². The summed E-state index contributed by atoms with van der Waals surface area (Å²) in [5, 5.41) is 12.7. The normalized spacial score (nSPS) is 15.7. The van der Waals surface area contributed by atoms with Crippen LogP contribution in [0.15, 0.2) is 18.2 Å². The molecule has 104 valence electrons. The average Bonchev–Trinajstić information content (AvgIpc) is 3.27. The molecule has 0 aromatic heterocycles.